The van der Waals surface area contributed by atoms with Crippen LogP contribution in [0.2, 0.25) is 0 Å². The molecule has 110 valence electrons. The van der Waals surface area contributed by atoms with Gasteiger partial charge < -0.3 is 10.6 Å². The highest BCUT2D eigenvalue weighted by Crippen LogP contribution is 2.27. The van der Waals surface area contributed by atoms with Crippen LogP contribution in [0.15, 0.2) is 30.3 Å². The van der Waals surface area contributed by atoms with Crippen LogP contribution in [0.4, 0.5) is 5.82 Å². The van der Waals surface area contributed by atoms with Gasteiger partial charge in [0, 0.05) is 24.0 Å². The quantitative estimate of drug-likeness (QED) is 0.671. The number of nitrogens with two attached hydrogens (primary N) is 1. The van der Waals surface area contributed by atoms with Crippen LogP contribution in [0.3, 0.4) is 0 Å². The van der Waals surface area contributed by atoms with Gasteiger partial charge in [0.1, 0.15) is 11.7 Å². The highest BCUT2D eigenvalue weighted by molar-refractivity contribution is 6.07. The summed E-state index contributed by atoms with van der Waals surface area (Å²) in [5.74, 6) is 1.81. The van der Waals surface area contributed by atoms with Gasteiger partial charge in [0.25, 0.3) is 0 Å². The topological polar surface area (TPSA) is 66.0 Å². The first-order chi connectivity index (χ1) is 10.2. The molecule has 1 saturated heterocycles. The Bertz CT molecular complexity index is 665. The number of nitrogens with zero attached hydrogens (tertiary/aromatic N) is 2. The molecule has 1 fully saturated rings. The molecule has 4 heteroatoms. The Morgan fingerprint density at radius 3 is 3.00 bits per heavy atom. The van der Waals surface area contributed by atoms with E-state index in [2.05, 4.69) is 11.8 Å². The summed E-state index contributed by atoms with van der Waals surface area (Å²) in [7, 11) is 0. The van der Waals surface area contributed by atoms with Gasteiger partial charge in [-0.15, -0.1) is 0 Å². The summed E-state index contributed by atoms with van der Waals surface area (Å²) in [6.07, 6.45) is 3.73. The van der Waals surface area contributed by atoms with Crippen LogP contribution in [-0.4, -0.2) is 23.9 Å². The van der Waals surface area contributed by atoms with Crippen LogP contribution in [0.1, 0.15) is 31.7 Å². The van der Waals surface area contributed by atoms with Crippen molar-refractivity contribution in [3.63, 3.8) is 0 Å². The second-order valence-corrected chi connectivity index (χ2v) is 5.82. The second kappa shape index (κ2) is 5.72. The first-order valence-corrected chi connectivity index (χ1v) is 7.68. The van der Waals surface area contributed by atoms with Crippen molar-refractivity contribution in [2.45, 2.75) is 26.2 Å². The molecule has 0 saturated carbocycles. The van der Waals surface area contributed by atoms with E-state index < -0.39 is 0 Å². The van der Waals surface area contributed by atoms with E-state index in [9.17, 15) is 0 Å². The molecule has 0 bridgehead atoms. The minimum Gasteiger partial charge on any atom is -0.384 e. The summed E-state index contributed by atoms with van der Waals surface area (Å²) in [5.41, 5.74) is 7.47. The van der Waals surface area contributed by atoms with Crippen LogP contribution in [0.25, 0.3) is 10.9 Å². The second-order valence-electron chi connectivity index (χ2n) is 5.82. The van der Waals surface area contributed by atoms with Gasteiger partial charge in [-0.2, -0.15) is 0 Å². The van der Waals surface area contributed by atoms with Crippen molar-refractivity contribution >= 4 is 22.6 Å². The molecule has 0 amide bonds. The molecular formula is C17H22N4. The minimum absolute atomic E-state index is 0.110. The highest BCUT2D eigenvalue weighted by Gasteiger charge is 2.20. The zero-order valence-electron chi connectivity index (χ0n) is 12.5. The number of benzene rings is 1. The lowest BCUT2D eigenvalue weighted by Crippen LogP contribution is -2.35. The predicted molar refractivity (Wildman–Crippen MR) is 88.0 cm³/mol. The lowest BCUT2D eigenvalue weighted by Gasteiger charge is -2.33. The SMILES string of the molecule is CCC1CCCN(c2cc(C(=N)N)c3ccccc3n2)C1. The molecule has 1 aromatic heterocycles. The minimum atomic E-state index is 0.110. The molecule has 3 N–H and O–H groups in total. The zero-order chi connectivity index (χ0) is 14.8. The van der Waals surface area contributed by atoms with Gasteiger partial charge in [0.05, 0.1) is 5.52 Å². The number of pyridine rings is 1. The Morgan fingerprint density at radius 2 is 2.24 bits per heavy atom. The summed E-state index contributed by atoms with van der Waals surface area (Å²) < 4.78 is 0. The fraction of sp³-hybridized carbons (Fsp3) is 0.412. The molecule has 21 heavy (non-hydrogen) atoms. The molecule has 3 rings (SSSR count). The normalized spacial score (nSPS) is 18.9. The summed E-state index contributed by atoms with van der Waals surface area (Å²) in [6, 6.07) is 9.89. The molecule has 0 spiro atoms. The van der Waals surface area contributed by atoms with Crippen molar-refractivity contribution in [2.75, 3.05) is 18.0 Å². The van der Waals surface area contributed by atoms with E-state index in [-0.39, 0.29) is 5.84 Å². The molecule has 0 radical (unpaired) electrons. The Labute approximate surface area is 125 Å². The predicted octanol–water partition coefficient (Wildman–Crippen LogP) is 3.15. The fourth-order valence-electron chi connectivity index (χ4n) is 3.15. The molecule has 4 nitrogen and oxygen atoms in total. The van der Waals surface area contributed by atoms with Gasteiger partial charge in [-0.25, -0.2) is 4.98 Å². The van der Waals surface area contributed by atoms with E-state index in [4.69, 9.17) is 16.1 Å². The van der Waals surface area contributed by atoms with Crippen LogP contribution < -0.4 is 10.6 Å². The van der Waals surface area contributed by atoms with Gasteiger partial charge in [-0.3, -0.25) is 5.41 Å². The number of hydrogen-bond acceptors (Lipinski definition) is 3. The van der Waals surface area contributed by atoms with Gasteiger partial charge in [-0.1, -0.05) is 31.5 Å². The van der Waals surface area contributed by atoms with E-state index >= 15 is 0 Å². The molecule has 1 unspecified atom stereocenters. The van der Waals surface area contributed by atoms with Crippen molar-refractivity contribution < 1.29 is 0 Å². The summed E-state index contributed by atoms with van der Waals surface area (Å²) in [4.78, 5) is 7.13. The Kier molecular flexibility index (Phi) is 3.78. The summed E-state index contributed by atoms with van der Waals surface area (Å²) >= 11 is 0. The number of piperidine rings is 1. The molecule has 2 heterocycles. The average molecular weight is 282 g/mol. The van der Waals surface area contributed by atoms with E-state index in [1.807, 2.05) is 30.3 Å². The lowest BCUT2D eigenvalue weighted by atomic mass is 9.95. The Hall–Kier alpha value is -2.10. The van der Waals surface area contributed by atoms with Crippen LogP contribution >= 0.6 is 0 Å². The number of fused-ring (bicyclic) bond motifs is 1. The first-order valence-electron chi connectivity index (χ1n) is 7.68. The number of aromatic nitrogens is 1. The van der Waals surface area contributed by atoms with Crippen molar-refractivity contribution in [3.05, 3.63) is 35.9 Å². The zero-order valence-corrected chi connectivity index (χ0v) is 12.5. The van der Waals surface area contributed by atoms with Gasteiger partial charge >= 0.3 is 0 Å². The van der Waals surface area contributed by atoms with E-state index in [1.54, 1.807) is 0 Å². The number of rotatable bonds is 3. The smallest absolute Gasteiger partial charge is 0.129 e. The molecule has 1 atom stereocenters. The Morgan fingerprint density at radius 1 is 1.43 bits per heavy atom. The third-order valence-corrected chi connectivity index (χ3v) is 4.41. The third kappa shape index (κ3) is 2.71. The number of amidine groups is 1. The number of para-hydroxylation sites is 1. The van der Waals surface area contributed by atoms with Crippen molar-refractivity contribution in [3.8, 4) is 0 Å². The maximum Gasteiger partial charge on any atom is 0.129 e. The standard InChI is InChI=1S/C17H22N4/c1-2-12-6-5-9-21(11-12)16-10-14(17(18)19)13-7-3-4-8-15(13)20-16/h3-4,7-8,10,12H,2,5-6,9,11H2,1H3,(H3,18,19). The van der Waals surface area contributed by atoms with Crippen molar-refractivity contribution in [2.24, 2.45) is 11.7 Å². The van der Waals surface area contributed by atoms with Crippen LogP contribution in [0, 0.1) is 11.3 Å². The summed E-state index contributed by atoms with van der Waals surface area (Å²) in [6.45, 7) is 4.35. The molecule has 0 aliphatic carbocycles. The average Bonchev–Trinajstić information content (AvgIpc) is 2.53. The van der Waals surface area contributed by atoms with Gasteiger partial charge in [-0.05, 0) is 30.9 Å². The number of hydrogen-bond donors (Lipinski definition) is 2. The molecule has 2 aromatic rings. The summed E-state index contributed by atoms with van der Waals surface area (Å²) in [5, 5.41) is 8.79. The monoisotopic (exact) mass is 282 g/mol. The largest absolute Gasteiger partial charge is 0.384 e. The number of anilines is 1. The van der Waals surface area contributed by atoms with Crippen LogP contribution in [-0.2, 0) is 0 Å². The maximum atomic E-state index is 7.84. The first kappa shape index (κ1) is 13.9. The van der Waals surface area contributed by atoms with Crippen molar-refractivity contribution in [1.82, 2.24) is 4.98 Å². The maximum absolute atomic E-state index is 7.84. The highest BCUT2D eigenvalue weighted by atomic mass is 15.2. The van der Waals surface area contributed by atoms with E-state index in [1.165, 1.54) is 19.3 Å². The van der Waals surface area contributed by atoms with Crippen molar-refractivity contribution in [1.29, 1.82) is 5.41 Å². The molecular weight excluding hydrogens is 260 g/mol. The van der Waals surface area contributed by atoms with E-state index in [0.717, 1.165) is 41.3 Å². The third-order valence-electron chi connectivity index (χ3n) is 4.41. The molecule has 1 aromatic carbocycles. The van der Waals surface area contributed by atoms with Gasteiger partial charge in [0.15, 0.2) is 0 Å². The Balaban J connectivity index is 2.04. The van der Waals surface area contributed by atoms with Gasteiger partial charge in [0.2, 0.25) is 0 Å². The van der Waals surface area contributed by atoms with E-state index in [0.29, 0.717) is 0 Å². The lowest BCUT2D eigenvalue weighted by molar-refractivity contribution is 0.403. The number of nitrogens with one attached hydrogen (secondary N) is 1. The molecule has 1 aliphatic heterocycles. The molecule has 1 aliphatic rings. The number of nitrogen functional groups attached to an aromatic ring is 1. The van der Waals surface area contributed by atoms with Crippen LogP contribution in [0.5, 0.6) is 0 Å². The fourth-order valence-corrected chi connectivity index (χ4v) is 3.15.